The second kappa shape index (κ2) is 11.9. The van der Waals surface area contributed by atoms with E-state index in [0.717, 1.165) is 13.1 Å². The smallest absolute Gasteiger partial charge is 0.0164 e. The quantitative estimate of drug-likeness (QED) is 0.610. The average molecular weight is 188 g/mol. The van der Waals surface area contributed by atoms with Crippen LogP contribution in [0.15, 0.2) is 0 Å². The minimum Gasteiger partial charge on any atom is -0.311 e. The van der Waals surface area contributed by atoms with Crippen LogP contribution in [0.3, 0.4) is 0 Å². The Morgan fingerprint density at radius 3 is 1.31 bits per heavy atom. The molecule has 0 saturated carbocycles. The van der Waals surface area contributed by atoms with Gasteiger partial charge in [-0.05, 0) is 13.8 Å². The molecule has 0 aromatic rings. The van der Waals surface area contributed by atoms with Gasteiger partial charge in [0.15, 0.2) is 0 Å². The number of rotatable bonds is 0. The molecule has 0 spiro atoms. The van der Waals surface area contributed by atoms with Crippen molar-refractivity contribution in [3.63, 3.8) is 0 Å². The zero-order valence-electron chi connectivity index (χ0n) is 10.3. The number of hydrogen-bond donors (Lipinski definition) is 2. The van der Waals surface area contributed by atoms with Crippen molar-refractivity contribution in [3.8, 4) is 0 Å². The van der Waals surface area contributed by atoms with Crippen LogP contribution in [0.5, 0.6) is 0 Å². The third-order valence-electron chi connectivity index (χ3n) is 1.54. The van der Waals surface area contributed by atoms with Crippen LogP contribution >= 0.6 is 0 Å². The van der Waals surface area contributed by atoms with Gasteiger partial charge in [0.05, 0.1) is 0 Å². The van der Waals surface area contributed by atoms with E-state index in [2.05, 4.69) is 38.3 Å². The first-order valence-electron chi connectivity index (χ1n) is 5.67. The highest BCUT2D eigenvalue weighted by Crippen LogP contribution is 1.89. The van der Waals surface area contributed by atoms with Crippen LogP contribution in [0.2, 0.25) is 0 Å². The van der Waals surface area contributed by atoms with Crippen LogP contribution in [-0.2, 0) is 0 Å². The van der Waals surface area contributed by atoms with Gasteiger partial charge < -0.3 is 10.6 Å². The fraction of sp³-hybridized carbons (Fsp3) is 1.00. The van der Waals surface area contributed by atoms with Crippen LogP contribution in [0.25, 0.3) is 0 Å². The third-order valence-corrected chi connectivity index (χ3v) is 1.54. The average Bonchev–Trinajstić information content (AvgIpc) is 2.15. The molecule has 2 N–H and O–H groups in total. The van der Waals surface area contributed by atoms with E-state index in [9.17, 15) is 0 Å². The van der Waals surface area contributed by atoms with E-state index in [1.807, 2.05) is 13.8 Å². The lowest BCUT2D eigenvalue weighted by Gasteiger charge is -2.26. The molecule has 2 heteroatoms. The first-order chi connectivity index (χ1) is 6.20. The monoisotopic (exact) mass is 188 g/mol. The van der Waals surface area contributed by atoms with Crippen LogP contribution in [-0.4, -0.2) is 25.2 Å². The first-order valence-corrected chi connectivity index (χ1v) is 5.67. The molecule has 0 aromatic carbocycles. The molecular formula is C11H28N2. The summed E-state index contributed by atoms with van der Waals surface area (Å²) >= 11 is 0. The zero-order valence-corrected chi connectivity index (χ0v) is 10.3. The Morgan fingerprint density at radius 2 is 1.15 bits per heavy atom. The second-order valence-electron chi connectivity index (χ2n) is 3.33. The van der Waals surface area contributed by atoms with Crippen LogP contribution in [0, 0.1) is 0 Å². The Labute approximate surface area is 84.5 Å². The lowest BCUT2D eigenvalue weighted by atomic mass is 10.2. The Morgan fingerprint density at radius 1 is 0.923 bits per heavy atom. The summed E-state index contributed by atoms with van der Waals surface area (Å²) in [5, 5.41) is 6.74. The molecule has 0 amide bonds. The standard InChI is InChI=1S/C6H14N2.C3H8.C2H6/c1-5-3-8-6(2)4-7-5;1-3-2;1-2/h5-8H,3-4H2,1-2H3;3H2,1-2H3;1-2H3. The van der Waals surface area contributed by atoms with E-state index >= 15 is 0 Å². The summed E-state index contributed by atoms with van der Waals surface area (Å²) in [4.78, 5) is 0. The van der Waals surface area contributed by atoms with Crippen molar-refractivity contribution >= 4 is 0 Å². The van der Waals surface area contributed by atoms with Crippen molar-refractivity contribution in [2.75, 3.05) is 13.1 Å². The van der Waals surface area contributed by atoms with Crippen molar-refractivity contribution in [3.05, 3.63) is 0 Å². The lowest BCUT2D eigenvalue weighted by Crippen LogP contribution is -2.51. The number of piperazine rings is 1. The molecule has 0 aromatic heterocycles. The van der Waals surface area contributed by atoms with Gasteiger partial charge in [0.2, 0.25) is 0 Å². The molecule has 0 radical (unpaired) electrons. The molecule has 2 unspecified atom stereocenters. The summed E-state index contributed by atoms with van der Waals surface area (Å²) in [5.74, 6) is 0. The van der Waals surface area contributed by atoms with Crippen molar-refractivity contribution in [2.45, 2.75) is 60.0 Å². The maximum absolute atomic E-state index is 3.37. The molecule has 1 heterocycles. The zero-order chi connectivity index (χ0) is 10.7. The SMILES string of the molecule is CC.CC1CNC(C)CN1.CCC. The van der Waals surface area contributed by atoms with Crippen LogP contribution in [0.4, 0.5) is 0 Å². The minimum atomic E-state index is 0.659. The summed E-state index contributed by atoms with van der Waals surface area (Å²) in [6.07, 6.45) is 1.25. The maximum Gasteiger partial charge on any atom is 0.0164 e. The predicted molar refractivity (Wildman–Crippen MR) is 62.2 cm³/mol. The molecular weight excluding hydrogens is 160 g/mol. The third kappa shape index (κ3) is 11.9. The van der Waals surface area contributed by atoms with Crippen molar-refractivity contribution < 1.29 is 0 Å². The molecule has 0 bridgehead atoms. The fourth-order valence-electron chi connectivity index (χ4n) is 0.900. The molecule has 1 saturated heterocycles. The molecule has 1 fully saturated rings. The molecule has 2 nitrogen and oxygen atoms in total. The van der Waals surface area contributed by atoms with Crippen LogP contribution < -0.4 is 10.6 Å². The van der Waals surface area contributed by atoms with Gasteiger partial charge in [0.1, 0.15) is 0 Å². The van der Waals surface area contributed by atoms with Crippen molar-refractivity contribution in [1.82, 2.24) is 10.6 Å². The topological polar surface area (TPSA) is 24.1 Å². The van der Waals surface area contributed by atoms with Crippen LogP contribution in [0.1, 0.15) is 48.0 Å². The summed E-state index contributed by atoms with van der Waals surface area (Å²) in [6.45, 7) is 14.9. The highest BCUT2D eigenvalue weighted by atomic mass is 15.1. The Kier molecular flexibility index (Phi) is 14.1. The van der Waals surface area contributed by atoms with Gasteiger partial charge in [0, 0.05) is 25.2 Å². The molecule has 1 aliphatic heterocycles. The van der Waals surface area contributed by atoms with Crippen molar-refractivity contribution in [2.24, 2.45) is 0 Å². The van der Waals surface area contributed by atoms with Gasteiger partial charge in [-0.15, -0.1) is 0 Å². The van der Waals surface area contributed by atoms with E-state index in [0.29, 0.717) is 12.1 Å². The lowest BCUT2D eigenvalue weighted by molar-refractivity contribution is 0.376. The van der Waals surface area contributed by atoms with Gasteiger partial charge in [-0.25, -0.2) is 0 Å². The normalized spacial score (nSPS) is 26.3. The molecule has 13 heavy (non-hydrogen) atoms. The maximum atomic E-state index is 3.37. The van der Waals surface area contributed by atoms with Gasteiger partial charge in [0.25, 0.3) is 0 Å². The van der Waals surface area contributed by atoms with Gasteiger partial charge in [-0.2, -0.15) is 0 Å². The highest BCUT2D eigenvalue weighted by Gasteiger charge is 2.10. The summed E-state index contributed by atoms with van der Waals surface area (Å²) in [6, 6.07) is 1.32. The Balaban J connectivity index is 0. The fourth-order valence-corrected chi connectivity index (χ4v) is 0.900. The van der Waals surface area contributed by atoms with E-state index in [1.165, 1.54) is 6.42 Å². The van der Waals surface area contributed by atoms with Gasteiger partial charge >= 0.3 is 0 Å². The number of hydrogen-bond acceptors (Lipinski definition) is 2. The summed E-state index contributed by atoms with van der Waals surface area (Å²) in [7, 11) is 0. The second-order valence-corrected chi connectivity index (χ2v) is 3.33. The Hall–Kier alpha value is -0.0800. The van der Waals surface area contributed by atoms with E-state index in [1.54, 1.807) is 0 Å². The number of nitrogens with one attached hydrogen (secondary N) is 2. The molecule has 82 valence electrons. The van der Waals surface area contributed by atoms with E-state index < -0.39 is 0 Å². The largest absolute Gasteiger partial charge is 0.311 e. The Bertz CT molecular complexity index is 66.2. The summed E-state index contributed by atoms with van der Waals surface area (Å²) in [5.41, 5.74) is 0. The van der Waals surface area contributed by atoms with Crippen molar-refractivity contribution in [1.29, 1.82) is 0 Å². The van der Waals surface area contributed by atoms with E-state index in [4.69, 9.17) is 0 Å². The molecule has 1 rings (SSSR count). The summed E-state index contributed by atoms with van der Waals surface area (Å²) < 4.78 is 0. The molecule has 1 aliphatic rings. The first kappa shape index (κ1) is 15.4. The molecule has 2 atom stereocenters. The minimum absolute atomic E-state index is 0.659. The highest BCUT2D eigenvalue weighted by molar-refractivity contribution is 4.76. The predicted octanol–water partition coefficient (Wildman–Crippen LogP) is 2.40. The molecule has 0 aliphatic carbocycles. The van der Waals surface area contributed by atoms with Gasteiger partial charge in [-0.1, -0.05) is 34.1 Å². The van der Waals surface area contributed by atoms with E-state index in [-0.39, 0.29) is 0 Å². The van der Waals surface area contributed by atoms with Gasteiger partial charge in [-0.3, -0.25) is 0 Å².